The maximum Gasteiger partial charge on any atom is 0.416 e. The monoisotopic (exact) mass is 525 g/mol. The minimum Gasteiger partial charge on any atom is -0.327 e. The molecule has 1 aliphatic heterocycles. The van der Waals surface area contributed by atoms with Crippen LogP contribution in [0.3, 0.4) is 0 Å². The standard InChI is InChI=1S/C27H23ClF3N5O/c28-21-3-1-4-22(13-21)36-12-11-34(17-26(36)37)15-23-14-32-18-35(23)16-25-24(5-2-10-33-25)19-6-8-20(9-7-19)27(29,30)31/h1-10,13-14,18H,11-12,15-17H2. The van der Waals surface area contributed by atoms with Crippen LogP contribution >= 0.6 is 11.6 Å². The molecule has 0 aliphatic carbocycles. The van der Waals surface area contributed by atoms with E-state index in [2.05, 4.69) is 14.9 Å². The summed E-state index contributed by atoms with van der Waals surface area (Å²) in [5.74, 6) is -0.00565. The number of halogens is 4. The van der Waals surface area contributed by atoms with Gasteiger partial charge in [-0.25, -0.2) is 4.98 Å². The quantitative estimate of drug-likeness (QED) is 0.333. The molecular weight excluding hydrogens is 503 g/mol. The van der Waals surface area contributed by atoms with Gasteiger partial charge < -0.3 is 9.47 Å². The number of hydrogen-bond donors (Lipinski definition) is 0. The van der Waals surface area contributed by atoms with Crippen LogP contribution in [0.2, 0.25) is 5.02 Å². The van der Waals surface area contributed by atoms with E-state index in [-0.39, 0.29) is 12.5 Å². The van der Waals surface area contributed by atoms with Crippen LogP contribution in [0.4, 0.5) is 18.9 Å². The van der Waals surface area contributed by atoms with Crippen LogP contribution in [0.15, 0.2) is 79.4 Å². The molecule has 3 heterocycles. The number of alkyl halides is 3. The molecule has 0 atom stereocenters. The van der Waals surface area contributed by atoms with Gasteiger partial charge in [0.15, 0.2) is 0 Å². The van der Waals surface area contributed by atoms with Gasteiger partial charge >= 0.3 is 6.18 Å². The number of piperazine rings is 1. The molecule has 37 heavy (non-hydrogen) atoms. The molecule has 0 spiro atoms. The van der Waals surface area contributed by atoms with Gasteiger partial charge in [0.1, 0.15) is 0 Å². The topological polar surface area (TPSA) is 54.3 Å². The summed E-state index contributed by atoms with van der Waals surface area (Å²) in [7, 11) is 0. The second-order valence-electron chi connectivity index (χ2n) is 8.82. The summed E-state index contributed by atoms with van der Waals surface area (Å²) in [6.45, 7) is 2.41. The first-order valence-electron chi connectivity index (χ1n) is 11.7. The van der Waals surface area contributed by atoms with E-state index in [1.807, 2.05) is 22.8 Å². The van der Waals surface area contributed by atoms with Crippen LogP contribution in [0, 0.1) is 0 Å². The number of hydrogen-bond acceptors (Lipinski definition) is 4. The normalized spacial score (nSPS) is 14.8. The highest BCUT2D eigenvalue weighted by Gasteiger charge is 2.30. The van der Waals surface area contributed by atoms with Crippen molar-refractivity contribution < 1.29 is 18.0 Å². The first kappa shape index (κ1) is 25.0. The molecule has 1 saturated heterocycles. The number of nitrogens with zero attached hydrogens (tertiary/aromatic N) is 5. The molecule has 0 saturated carbocycles. The van der Waals surface area contributed by atoms with Crippen molar-refractivity contribution in [2.75, 3.05) is 24.5 Å². The Balaban J connectivity index is 1.29. The smallest absolute Gasteiger partial charge is 0.327 e. The summed E-state index contributed by atoms with van der Waals surface area (Å²) in [6, 6.07) is 15.9. The van der Waals surface area contributed by atoms with Gasteiger partial charge in [-0.05, 0) is 42.0 Å². The van der Waals surface area contributed by atoms with E-state index in [1.165, 1.54) is 12.1 Å². The Kier molecular flexibility index (Phi) is 6.99. The van der Waals surface area contributed by atoms with Gasteiger partial charge in [-0.2, -0.15) is 13.2 Å². The maximum atomic E-state index is 13.0. The van der Waals surface area contributed by atoms with Gasteiger partial charge in [0.25, 0.3) is 0 Å². The Hall–Kier alpha value is -3.69. The lowest BCUT2D eigenvalue weighted by Crippen LogP contribution is -2.50. The van der Waals surface area contributed by atoms with E-state index < -0.39 is 11.7 Å². The molecule has 0 bridgehead atoms. The van der Waals surface area contributed by atoms with Crippen molar-refractivity contribution in [3.05, 3.63) is 101 Å². The molecule has 2 aromatic heterocycles. The van der Waals surface area contributed by atoms with E-state index in [0.29, 0.717) is 42.5 Å². The van der Waals surface area contributed by atoms with Gasteiger partial charge in [-0.1, -0.05) is 35.9 Å². The van der Waals surface area contributed by atoms with Crippen molar-refractivity contribution in [1.82, 2.24) is 19.4 Å². The number of carbonyl (C=O) groups is 1. The number of carbonyl (C=O) groups excluding carboxylic acids is 1. The van der Waals surface area contributed by atoms with E-state index in [9.17, 15) is 18.0 Å². The number of pyridine rings is 1. The van der Waals surface area contributed by atoms with Crippen molar-refractivity contribution in [3.63, 3.8) is 0 Å². The number of aromatic nitrogens is 3. The minimum absolute atomic E-state index is 0.00565. The number of imidazole rings is 1. The minimum atomic E-state index is -4.39. The van der Waals surface area contributed by atoms with Crippen molar-refractivity contribution in [2.24, 2.45) is 0 Å². The van der Waals surface area contributed by atoms with Gasteiger partial charge in [0.05, 0.1) is 36.4 Å². The highest BCUT2D eigenvalue weighted by Crippen LogP contribution is 2.32. The fraction of sp³-hybridized carbons (Fsp3) is 0.222. The zero-order valence-electron chi connectivity index (χ0n) is 19.7. The highest BCUT2D eigenvalue weighted by molar-refractivity contribution is 6.30. The largest absolute Gasteiger partial charge is 0.416 e. The summed E-state index contributed by atoms with van der Waals surface area (Å²) in [6.07, 6.45) is 0.732. The average molecular weight is 526 g/mol. The van der Waals surface area contributed by atoms with Crippen LogP contribution in [-0.2, 0) is 24.1 Å². The number of anilines is 1. The summed E-state index contributed by atoms with van der Waals surface area (Å²) >= 11 is 6.09. The molecule has 1 fully saturated rings. The Labute approximate surface area is 216 Å². The average Bonchev–Trinajstić information content (AvgIpc) is 3.30. The van der Waals surface area contributed by atoms with Crippen molar-refractivity contribution in [2.45, 2.75) is 19.3 Å². The molecule has 1 amide bonds. The third kappa shape index (κ3) is 5.68. The van der Waals surface area contributed by atoms with Crippen LogP contribution in [0.5, 0.6) is 0 Å². The molecule has 2 aromatic carbocycles. The fourth-order valence-electron chi connectivity index (χ4n) is 4.45. The molecule has 4 aromatic rings. The lowest BCUT2D eigenvalue weighted by Gasteiger charge is -2.34. The first-order valence-corrected chi connectivity index (χ1v) is 12.0. The van der Waals surface area contributed by atoms with Gasteiger partial charge in [0.2, 0.25) is 5.91 Å². The zero-order chi connectivity index (χ0) is 26.0. The highest BCUT2D eigenvalue weighted by atomic mass is 35.5. The third-order valence-corrected chi connectivity index (χ3v) is 6.57. The van der Waals surface area contributed by atoms with Crippen LogP contribution in [-0.4, -0.2) is 45.0 Å². The Morgan fingerprint density at radius 3 is 2.51 bits per heavy atom. The molecule has 6 nitrogen and oxygen atoms in total. The Morgan fingerprint density at radius 2 is 1.78 bits per heavy atom. The van der Waals surface area contributed by atoms with Crippen molar-refractivity contribution in [1.29, 1.82) is 0 Å². The van der Waals surface area contributed by atoms with Crippen LogP contribution in [0.1, 0.15) is 17.0 Å². The molecule has 1 aliphatic rings. The SMILES string of the molecule is O=C1CN(Cc2cncn2Cc2ncccc2-c2ccc(C(F)(F)F)cc2)CCN1c1cccc(Cl)c1. The molecule has 5 rings (SSSR count). The Morgan fingerprint density at radius 1 is 0.973 bits per heavy atom. The fourth-order valence-corrected chi connectivity index (χ4v) is 4.64. The zero-order valence-corrected chi connectivity index (χ0v) is 20.5. The summed E-state index contributed by atoms with van der Waals surface area (Å²) in [5.41, 5.74) is 3.12. The molecule has 0 unspecified atom stereocenters. The summed E-state index contributed by atoms with van der Waals surface area (Å²) in [5, 5.41) is 0.585. The molecule has 10 heteroatoms. The molecule has 190 valence electrons. The van der Waals surface area contributed by atoms with Gasteiger partial charge in [0, 0.05) is 48.3 Å². The summed E-state index contributed by atoms with van der Waals surface area (Å²) in [4.78, 5) is 25.4. The lowest BCUT2D eigenvalue weighted by atomic mass is 10.0. The molecular formula is C27H23ClF3N5O. The number of benzene rings is 2. The number of amides is 1. The second kappa shape index (κ2) is 10.4. The first-order chi connectivity index (χ1) is 17.8. The van der Waals surface area contributed by atoms with Crippen LogP contribution in [0.25, 0.3) is 11.1 Å². The maximum absolute atomic E-state index is 13.0. The Bertz CT molecular complexity index is 1400. The second-order valence-corrected chi connectivity index (χ2v) is 9.26. The van der Waals surface area contributed by atoms with E-state index in [1.54, 1.807) is 41.8 Å². The van der Waals surface area contributed by atoms with Crippen molar-refractivity contribution >= 4 is 23.2 Å². The third-order valence-electron chi connectivity index (χ3n) is 6.34. The van der Waals surface area contributed by atoms with Crippen LogP contribution < -0.4 is 4.90 Å². The number of rotatable bonds is 6. The van der Waals surface area contributed by atoms with E-state index in [4.69, 9.17) is 11.6 Å². The van der Waals surface area contributed by atoms with E-state index in [0.717, 1.165) is 29.1 Å². The summed E-state index contributed by atoms with van der Waals surface area (Å²) < 4.78 is 40.9. The molecule has 0 N–H and O–H groups in total. The van der Waals surface area contributed by atoms with Gasteiger partial charge in [-0.15, -0.1) is 0 Å². The lowest BCUT2D eigenvalue weighted by molar-refractivity contribution is -0.137. The van der Waals surface area contributed by atoms with E-state index >= 15 is 0 Å². The predicted molar refractivity (Wildman–Crippen MR) is 135 cm³/mol. The predicted octanol–water partition coefficient (Wildman–Crippen LogP) is 5.51. The van der Waals surface area contributed by atoms with Gasteiger partial charge in [-0.3, -0.25) is 14.7 Å². The molecule has 0 radical (unpaired) electrons. The van der Waals surface area contributed by atoms with Crippen molar-refractivity contribution in [3.8, 4) is 11.1 Å².